The molecule has 4 rings (SSSR count). The van der Waals surface area contributed by atoms with Crippen molar-refractivity contribution in [1.29, 1.82) is 0 Å². The van der Waals surface area contributed by atoms with Gasteiger partial charge in [0.1, 0.15) is 5.82 Å². The molecule has 29 heavy (non-hydrogen) atoms. The molecule has 2 N–H and O–H groups in total. The van der Waals surface area contributed by atoms with Gasteiger partial charge >= 0.3 is 0 Å². The van der Waals surface area contributed by atoms with Gasteiger partial charge in [0.15, 0.2) is 0 Å². The number of fused-ring (bicyclic) bond motifs is 1. The van der Waals surface area contributed by atoms with Crippen LogP contribution in [0.15, 0.2) is 42.5 Å². The molecule has 1 atom stereocenters. The highest BCUT2D eigenvalue weighted by Gasteiger charge is 2.26. The van der Waals surface area contributed by atoms with E-state index >= 15 is 0 Å². The molecular weight excluding hydrogens is 391 g/mol. The number of nitrogens with zero attached hydrogens (tertiary/aromatic N) is 2. The van der Waals surface area contributed by atoms with Crippen molar-refractivity contribution in [3.05, 3.63) is 59.4 Å². The number of carbonyl (C=O) groups is 1. The monoisotopic (exact) mass is 418 g/mol. The Morgan fingerprint density at radius 1 is 1.17 bits per heavy atom. The largest absolute Gasteiger partial charge is 0.384 e. The highest BCUT2D eigenvalue weighted by molar-refractivity contribution is 5.94. The number of anilines is 2. The van der Waals surface area contributed by atoms with Crippen molar-refractivity contribution in [2.75, 3.05) is 43.4 Å². The molecule has 2 aliphatic heterocycles. The highest BCUT2D eigenvalue weighted by Crippen LogP contribution is 2.27. The van der Waals surface area contributed by atoms with Gasteiger partial charge in [-0.2, -0.15) is 0 Å². The maximum atomic E-state index is 13.3. The molecule has 2 aliphatic rings. The van der Waals surface area contributed by atoms with E-state index in [1.54, 1.807) is 12.1 Å². The van der Waals surface area contributed by atoms with E-state index in [4.69, 9.17) is 0 Å². The molecule has 2 heterocycles. The van der Waals surface area contributed by atoms with Gasteiger partial charge in [0.25, 0.3) is 0 Å². The first kappa shape index (κ1) is 21.6. The van der Waals surface area contributed by atoms with Crippen molar-refractivity contribution in [1.82, 2.24) is 9.80 Å². The first-order valence-corrected chi connectivity index (χ1v) is 9.97. The number of para-hydroxylation sites is 1. The topological polar surface area (TPSA) is 47.6 Å². The summed E-state index contributed by atoms with van der Waals surface area (Å²) >= 11 is 0. The molecule has 0 spiro atoms. The number of carbonyl (C=O) groups excluding carboxylic acids is 1. The summed E-state index contributed by atoms with van der Waals surface area (Å²) in [5.41, 5.74) is 4.59. The molecule has 0 radical (unpaired) electrons. The second-order valence-corrected chi connectivity index (χ2v) is 7.62. The first-order valence-electron chi connectivity index (χ1n) is 9.97. The van der Waals surface area contributed by atoms with Gasteiger partial charge in [0.05, 0.1) is 6.04 Å². The maximum Gasteiger partial charge on any atom is 0.241 e. The van der Waals surface area contributed by atoms with Crippen LogP contribution in [0.5, 0.6) is 0 Å². The Labute approximate surface area is 177 Å². The van der Waals surface area contributed by atoms with E-state index in [1.807, 2.05) is 6.92 Å². The Kier molecular flexibility index (Phi) is 7.11. The van der Waals surface area contributed by atoms with Gasteiger partial charge in [-0.25, -0.2) is 4.39 Å². The fourth-order valence-corrected chi connectivity index (χ4v) is 4.07. The summed E-state index contributed by atoms with van der Waals surface area (Å²) in [6.45, 7) is 7.44. The van der Waals surface area contributed by atoms with Gasteiger partial charge in [-0.1, -0.05) is 24.3 Å². The van der Waals surface area contributed by atoms with Gasteiger partial charge < -0.3 is 10.6 Å². The quantitative estimate of drug-likeness (QED) is 0.781. The van der Waals surface area contributed by atoms with E-state index in [-0.39, 0.29) is 30.2 Å². The zero-order chi connectivity index (χ0) is 19.5. The summed E-state index contributed by atoms with van der Waals surface area (Å²) in [6.07, 6.45) is 1.11. The van der Waals surface area contributed by atoms with Crippen LogP contribution in [0.3, 0.4) is 0 Å². The molecule has 2 aromatic carbocycles. The van der Waals surface area contributed by atoms with Crippen molar-refractivity contribution < 1.29 is 9.18 Å². The Morgan fingerprint density at radius 3 is 2.69 bits per heavy atom. The fourth-order valence-electron chi connectivity index (χ4n) is 4.07. The number of benzene rings is 2. The number of rotatable bonds is 5. The summed E-state index contributed by atoms with van der Waals surface area (Å²) in [5, 5.41) is 6.33. The van der Waals surface area contributed by atoms with E-state index in [0.29, 0.717) is 5.69 Å². The maximum absolute atomic E-state index is 13.3. The van der Waals surface area contributed by atoms with Crippen LogP contribution in [0.25, 0.3) is 0 Å². The second kappa shape index (κ2) is 9.57. The molecule has 0 saturated carbocycles. The predicted octanol–water partition coefficient (Wildman–Crippen LogP) is 3.36. The molecule has 1 unspecified atom stereocenters. The highest BCUT2D eigenvalue weighted by atomic mass is 35.5. The summed E-state index contributed by atoms with van der Waals surface area (Å²) < 4.78 is 13.3. The number of amides is 1. The summed E-state index contributed by atoms with van der Waals surface area (Å²) in [4.78, 5) is 17.2. The molecule has 1 amide bonds. The standard InChI is InChI=1S/C22H27FN4O.ClH/c1-16(22(28)25-20-7-3-6-19(23)14-20)27-12-10-26(11-13-27)15-18-5-2-4-17-8-9-24-21(17)18;/h2-7,14,16,24H,8-13,15H2,1H3,(H,25,28);1H. The molecule has 7 heteroatoms. The second-order valence-electron chi connectivity index (χ2n) is 7.62. The molecule has 1 saturated heterocycles. The average molecular weight is 419 g/mol. The average Bonchev–Trinajstić information content (AvgIpc) is 3.18. The van der Waals surface area contributed by atoms with E-state index in [1.165, 1.54) is 28.9 Å². The Hall–Kier alpha value is -2.15. The van der Waals surface area contributed by atoms with E-state index < -0.39 is 0 Å². The van der Waals surface area contributed by atoms with Crippen LogP contribution in [-0.2, 0) is 17.8 Å². The summed E-state index contributed by atoms with van der Waals surface area (Å²) in [5.74, 6) is -0.440. The summed E-state index contributed by atoms with van der Waals surface area (Å²) in [7, 11) is 0. The van der Waals surface area contributed by atoms with Crippen molar-refractivity contribution in [2.45, 2.75) is 25.9 Å². The third-order valence-corrected chi connectivity index (χ3v) is 5.75. The minimum Gasteiger partial charge on any atom is -0.384 e. The number of halogens is 2. The zero-order valence-corrected chi connectivity index (χ0v) is 17.5. The molecule has 1 fully saturated rings. The molecule has 0 aromatic heterocycles. The molecule has 0 aliphatic carbocycles. The van der Waals surface area contributed by atoms with Crippen LogP contribution < -0.4 is 10.6 Å². The van der Waals surface area contributed by atoms with Crippen LogP contribution in [0, 0.1) is 5.82 Å². The van der Waals surface area contributed by atoms with Crippen LogP contribution >= 0.6 is 12.4 Å². The number of hydrogen-bond acceptors (Lipinski definition) is 4. The lowest BCUT2D eigenvalue weighted by molar-refractivity contribution is -0.121. The molecule has 156 valence electrons. The van der Waals surface area contributed by atoms with Crippen molar-refractivity contribution in [2.24, 2.45) is 0 Å². The number of nitrogens with one attached hydrogen (secondary N) is 2. The minimum atomic E-state index is -0.346. The van der Waals surface area contributed by atoms with E-state index in [0.717, 1.165) is 45.7 Å². The van der Waals surface area contributed by atoms with Gasteiger partial charge in [-0.15, -0.1) is 12.4 Å². The molecule has 5 nitrogen and oxygen atoms in total. The fraction of sp³-hybridized carbons (Fsp3) is 0.409. The number of hydrogen-bond donors (Lipinski definition) is 2. The van der Waals surface area contributed by atoms with Crippen LogP contribution in [0.2, 0.25) is 0 Å². The first-order chi connectivity index (χ1) is 13.6. The lowest BCUT2D eigenvalue weighted by atomic mass is 10.1. The minimum absolute atomic E-state index is 0. The van der Waals surface area contributed by atoms with Gasteiger partial charge in [0.2, 0.25) is 5.91 Å². The summed E-state index contributed by atoms with van der Waals surface area (Å²) in [6, 6.07) is 12.3. The van der Waals surface area contributed by atoms with Crippen molar-refractivity contribution in [3.8, 4) is 0 Å². The van der Waals surface area contributed by atoms with Gasteiger partial charge in [-0.3, -0.25) is 14.6 Å². The third-order valence-electron chi connectivity index (χ3n) is 5.75. The van der Waals surface area contributed by atoms with Gasteiger partial charge in [0, 0.05) is 50.6 Å². The Morgan fingerprint density at radius 2 is 1.93 bits per heavy atom. The predicted molar refractivity (Wildman–Crippen MR) is 117 cm³/mol. The Bertz CT molecular complexity index is 854. The van der Waals surface area contributed by atoms with Crippen molar-refractivity contribution >= 4 is 29.7 Å². The van der Waals surface area contributed by atoms with Crippen molar-refractivity contribution in [3.63, 3.8) is 0 Å². The Balaban J connectivity index is 0.00000240. The van der Waals surface area contributed by atoms with Crippen LogP contribution in [0.1, 0.15) is 18.1 Å². The van der Waals surface area contributed by atoms with Crippen LogP contribution in [0.4, 0.5) is 15.8 Å². The molecule has 2 aromatic rings. The lowest BCUT2D eigenvalue weighted by Gasteiger charge is -2.37. The third kappa shape index (κ3) is 5.07. The smallest absolute Gasteiger partial charge is 0.241 e. The van der Waals surface area contributed by atoms with Crippen LogP contribution in [-0.4, -0.2) is 54.5 Å². The normalized spacial score (nSPS) is 17.7. The van der Waals surface area contributed by atoms with Gasteiger partial charge in [-0.05, 0) is 42.7 Å². The SMILES string of the molecule is CC(C(=O)Nc1cccc(F)c1)N1CCN(Cc2cccc3c2NCC3)CC1.Cl. The lowest BCUT2D eigenvalue weighted by Crippen LogP contribution is -2.52. The number of piperazine rings is 1. The molecule has 0 bridgehead atoms. The van der Waals surface area contributed by atoms with E-state index in [2.05, 4.69) is 38.6 Å². The zero-order valence-electron chi connectivity index (χ0n) is 16.7. The van der Waals surface area contributed by atoms with E-state index in [9.17, 15) is 9.18 Å². The molecular formula is C22H28ClFN4O.